The number of terminal acetylenes is 1. The van der Waals surface area contributed by atoms with Crippen LogP contribution in [0.5, 0.6) is 0 Å². The molecule has 2 unspecified atom stereocenters. The zero-order valence-corrected chi connectivity index (χ0v) is 49.6. The molecule has 57 heavy (non-hydrogen) atoms. The zero-order chi connectivity index (χ0) is 43.4. The fourth-order valence-corrected chi connectivity index (χ4v) is 5.69. The molecule has 0 aromatic rings. The van der Waals surface area contributed by atoms with E-state index in [-0.39, 0.29) is 78.9 Å². The Morgan fingerprint density at radius 1 is 0.474 bits per heavy atom. The van der Waals surface area contributed by atoms with Crippen LogP contribution in [0.25, 0.3) is 0 Å². The number of hydrogen-bond donors (Lipinski definition) is 1. The Hall–Kier alpha value is 1.69. The fourth-order valence-electron chi connectivity index (χ4n) is 5.69. The Morgan fingerprint density at radius 2 is 0.737 bits per heavy atom. The number of nitrogens with zero attached hydrogens (tertiary/aromatic N) is 1. The summed E-state index contributed by atoms with van der Waals surface area (Å²) < 4.78 is 0. The van der Waals surface area contributed by atoms with Crippen molar-refractivity contribution in [1.82, 2.24) is 4.90 Å². The van der Waals surface area contributed by atoms with Crippen LogP contribution in [0.4, 0.5) is 0 Å². The number of aliphatic hydroxyl groups excluding tert-OH is 1. The number of aliphatic hydroxyl groups is 1. The third kappa shape index (κ3) is 108. The monoisotopic (exact) mass is 964 g/mol. The maximum atomic E-state index is 9.16. The van der Waals surface area contributed by atoms with Crippen LogP contribution in [0.1, 0.15) is 291 Å². The van der Waals surface area contributed by atoms with E-state index in [2.05, 4.69) is 65.7 Å². The van der Waals surface area contributed by atoms with Gasteiger partial charge >= 0.3 is 0 Å². The van der Waals surface area contributed by atoms with Crippen LogP contribution < -0.4 is 0 Å². The van der Waals surface area contributed by atoms with Crippen LogP contribution in [-0.2, 0) is 65.4 Å². The predicted octanol–water partition coefficient (Wildman–Crippen LogP) is 19.3. The third-order valence-electron chi connectivity index (χ3n) is 8.68. The van der Waals surface area contributed by atoms with Gasteiger partial charge in [-0.25, -0.2) is 0 Å². The maximum Gasteiger partial charge on any atom is 0.0537 e. The third-order valence-corrected chi connectivity index (χ3v) is 8.68. The molecule has 1 N–H and O–H groups in total. The van der Waals surface area contributed by atoms with E-state index in [4.69, 9.17) is 5.11 Å². The van der Waals surface area contributed by atoms with Crippen molar-refractivity contribution in [2.45, 2.75) is 297 Å². The van der Waals surface area contributed by atoms with E-state index in [9.17, 15) is 0 Å². The first kappa shape index (κ1) is 85.9. The molecular formula is C53H119NOY2-2. The van der Waals surface area contributed by atoms with Crippen molar-refractivity contribution in [2.24, 2.45) is 5.92 Å². The van der Waals surface area contributed by atoms with Gasteiger partial charge in [-0.15, -0.1) is 12.3 Å². The maximum absolute atomic E-state index is 9.16. The van der Waals surface area contributed by atoms with Crippen molar-refractivity contribution in [2.75, 3.05) is 19.6 Å². The van der Waals surface area contributed by atoms with Crippen molar-refractivity contribution < 1.29 is 70.5 Å². The largest absolute Gasteiger partial charge is 0.393 e. The van der Waals surface area contributed by atoms with Gasteiger partial charge in [0.25, 0.3) is 0 Å². The summed E-state index contributed by atoms with van der Waals surface area (Å²) in [6.45, 7) is 41.0. The SMILES string of the molecule is C#CC.CC.CC.CC.CC.CCC.CCCCCCC(O)CC.[CH2-]CCCN(CCCC)CCCCCCC(CCCCCC)CCCCCCCC.[CH3-].[Y].[Y]. The van der Waals surface area contributed by atoms with Gasteiger partial charge in [0.05, 0.1) is 6.10 Å². The summed E-state index contributed by atoms with van der Waals surface area (Å²) in [6, 6.07) is 0. The molecule has 0 rings (SSSR count). The topological polar surface area (TPSA) is 23.5 Å². The molecule has 0 aliphatic carbocycles. The number of hydrogen-bond acceptors (Lipinski definition) is 2. The first-order chi connectivity index (χ1) is 26.4. The Bertz CT molecular complexity index is 518. The molecule has 0 aliphatic rings. The van der Waals surface area contributed by atoms with Crippen LogP contribution in [0.2, 0.25) is 0 Å². The first-order valence-electron chi connectivity index (χ1n) is 25.0. The van der Waals surface area contributed by atoms with Crippen molar-refractivity contribution in [1.29, 1.82) is 0 Å². The molecule has 2 nitrogen and oxygen atoms in total. The molecule has 0 aromatic carbocycles. The summed E-state index contributed by atoms with van der Waals surface area (Å²) in [5, 5.41) is 9.16. The fraction of sp³-hybridized carbons (Fsp3) is 0.925. The second-order valence-electron chi connectivity index (χ2n) is 13.8. The Balaban J connectivity index is -0.0000000722. The first-order valence-corrected chi connectivity index (χ1v) is 25.0. The van der Waals surface area contributed by atoms with Crippen molar-refractivity contribution in [3.8, 4) is 12.3 Å². The Labute approximate surface area is 420 Å². The summed E-state index contributed by atoms with van der Waals surface area (Å²) in [5.41, 5.74) is 0. The molecular weight excluding hydrogens is 844 g/mol. The van der Waals surface area contributed by atoms with Crippen LogP contribution in [0.15, 0.2) is 0 Å². The quantitative estimate of drug-likeness (QED) is 0.0425. The van der Waals surface area contributed by atoms with E-state index in [1.807, 2.05) is 62.3 Å². The van der Waals surface area contributed by atoms with Crippen molar-refractivity contribution >= 4 is 0 Å². The minimum absolute atomic E-state index is 0. The van der Waals surface area contributed by atoms with E-state index in [1.165, 1.54) is 180 Å². The van der Waals surface area contributed by atoms with E-state index in [0.29, 0.717) is 0 Å². The molecule has 0 heterocycles. The minimum atomic E-state index is -0.0446. The molecule has 0 spiro atoms. The Kier molecular flexibility index (Phi) is 153. The summed E-state index contributed by atoms with van der Waals surface area (Å²) in [5.74, 6) is 3.27. The summed E-state index contributed by atoms with van der Waals surface area (Å²) in [4.78, 5) is 2.70. The molecule has 0 bridgehead atoms. The van der Waals surface area contributed by atoms with Gasteiger partial charge in [0.2, 0.25) is 0 Å². The van der Waals surface area contributed by atoms with E-state index in [1.54, 1.807) is 6.92 Å². The van der Waals surface area contributed by atoms with E-state index >= 15 is 0 Å². The summed E-state index contributed by atoms with van der Waals surface area (Å²) in [6.07, 6.45) is 42.5. The molecule has 0 fully saturated rings. The number of unbranched alkanes of at least 4 members (excludes halogenated alkanes) is 16. The van der Waals surface area contributed by atoms with Crippen LogP contribution >= 0.6 is 0 Å². The summed E-state index contributed by atoms with van der Waals surface area (Å²) >= 11 is 0. The van der Waals surface area contributed by atoms with Gasteiger partial charge in [0, 0.05) is 65.4 Å². The molecule has 0 aliphatic heterocycles. The number of rotatable bonds is 31. The standard InChI is InChI=1S/C29H60N.C9H20O.C3H8.C3H4.4C2H6.CH3.2Y/c1-5-9-13-15-16-20-24-29(23-19-14-10-6-2)25-21-17-18-22-28-30(26-11-7-3)27-12-8-4;1-3-5-6-7-8-9(10)4-2;2*1-3-2;4*1-2;;;/h29H,3,5-28H2,1-2,4H3;9-10H,3-8H2,1-2H3;3H2,1-2H3;1H,2H3;4*1-2H3;1H3;;/q-1;;;;;;;;-1;;. The van der Waals surface area contributed by atoms with E-state index < -0.39 is 0 Å². The van der Waals surface area contributed by atoms with Crippen molar-refractivity contribution in [3.05, 3.63) is 14.4 Å². The molecule has 0 saturated heterocycles. The second kappa shape index (κ2) is 102. The van der Waals surface area contributed by atoms with Gasteiger partial charge in [-0.05, 0) is 58.2 Å². The van der Waals surface area contributed by atoms with Gasteiger partial charge in [0.1, 0.15) is 0 Å². The van der Waals surface area contributed by atoms with Gasteiger partial charge in [-0.3, -0.25) is 0 Å². The molecule has 0 amide bonds. The van der Waals surface area contributed by atoms with E-state index in [0.717, 1.165) is 25.2 Å². The molecule has 0 aromatic heterocycles. The average Bonchev–Trinajstić information content (AvgIpc) is 3.21. The summed E-state index contributed by atoms with van der Waals surface area (Å²) in [7, 11) is 0. The van der Waals surface area contributed by atoms with Crippen LogP contribution in [0, 0.1) is 32.6 Å². The predicted molar refractivity (Wildman–Crippen MR) is 267 cm³/mol. The van der Waals surface area contributed by atoms with Gasteiger partial charge < -0.3 is 24.4 Å². The molecule has 350 valence electrons. The zero-order valence-electron chi connectivity index (χ0n) is 43.9. The minimum Gasteiger partial charge on any atom is -0.393 e. The van der Waals surface area contributed by atoms with Crippen LogP contribution in [-0.4, -0.2) is 35.7 Å². The molecule has 0 saturated carbocycles. The molecule has 2 atom stereocenters. The molecule has 4 heteroatoms. The second-order valence-corrected chi connectivity index (χ2v) is 13.8. The average molecular weight is 964 g/mol. The molecule has 2 radical (unpaired) electrons. The normalized spacial score (nSPS) is 9.93. The van der Waals surface area contributed by atoms with Crippen molar-refractivity contribution in [3.63, 3.8) is 0 Å². The smallest absolute Gasteiger partial charge is 0.0537 e. The van der Waals surface area contributed by atoms with Gasteiger partial charge in [0.15, 0.2) is 0 Å². The van der Waals surface area contributed by atoms with Crippen LogP contribution in [0.3, 0.4) is 0 Å². The Morgan fingerprint density at radius 3 is 1.07 bits per heavy atom. The van der Waals surface area contributed by atoms with Gasteiger partial charge in [-0.2, -0.15) is 6.42 Å². The van der Waals surface area contributed by atoms with Gasteiger partial charge in [-0.1, -0.05) is 252 Å².